The van der Waals surface area contributed by atoms with Crippen LogP contribution in [0.1, 0.15) is 71.0 Å². The second-order valence-electron chi connectivity index (χ2n) is 12.2. The minimum absolute atomic E-state index is 0.0175. The van der Waals surface area contributed by atoms with Gasteiger partial charge in [-0.25, -0.2) is 24.2 Å². The maximum Gasteiger partial charge on any atom is 0.410 e. The van der Waals surface area contributed by atoms with Crippen LogP contribution in [0.25, 0.3) is 27.4 Å². The van der Waals surface area contributed by atoms with Gasteiger partial charge in [0.25, 0.3) is 0 Å². The number of hydrogen-bond acceptors (Lipinski definition) is 9. The van der Waals surface area contributed by atoms with Crippen LogP contribution in [-0.4, -0.2) is 73.3 Å². The zero-order valence-electron chi connectivity index (χ0n) is 27.0. The lowest BCUT2D eigenvalue weighted by Crippen LogP contribution is -2.57. The van der Waals surface area contributed by atoms with E-state index in [0.717, 1.165) is 16.5 Å². The minimum atomic E-state index is -0.582. The minimum Gasteiger partial charge on any atom is -0.444 e. The number of fused-ring (bicyclic) bond motifs is 2. The molecule has 0 radical (unpaired) electrons. The topological polar surface area (TPSA) is 150 Å². The van der Waals surface area contributed by atoms with Gasteiger partial charge >= 0.3 is 11.7 Å². The van der Waals surface area contributed by atoms with Gasteiger partial charge in [-0.15, -0.1) is 0 Å². The van der Waals surface area contributed by atoms with Crippen molar-refractivity contribution < 1.29 is 18.7 Å². The molecule has 2 aliphatic rings. The summed E-state index contributed by atoms with van der Waals surface area (Å²) in [5, 5.41) is 6.62. The largest absolute Gasteiger partial charge is 0.444 e. The molecule has 238 valence electrons. The van der Waals surface area contributed by atoms with Crippen LogP contribution in [0.4, 0.5) is 10.6 Å². The molecule has 1 aromatic carbocycles. The van der Waals surface area contributed by atoms with E-state index in [9.17, 15) is 14.4 Å². The molecular formula is C33H41N7O5. The monoisotopic (exact) mass is 615 g/mol. The Bertz CT molecular complexity index is 1850. The summed E-state index contributed by atoms with van der Waals surface area (Å²) in [6, 6.07) is 6.89. The van der Waals surface area contributed by atoms with E-state index in [-0.39, 0.29) is 11.8 Å². The van der Waals surface area contributed by atoms with Crippen LogP contribution in [-0.2, 0) is 9.53 Å². The SMILES string of the molecule is CC.Cc1nn(C(C)c2oc(=O)c3ccccc3c2C2=CCN(C(=O)C3CN(C(=O)OC(C)(C)C)C3)CC2)c2ncnc(N)c12. The number of benzene rings is 1. The summed E-state index contributed by atoms with van der Waals surface area (Å²) in [6.07, 6.45) is 3.59. The van der Waals surface area contributed by atoms with Crippen molar-refractivity contribution in [1.82, 2.24) is 29.5 Å². The van der Waals surface area contributed by atoms with Crippen LogP contribution >= 0.6 is 0 Å². The molecule has 3 aromatic heterocycles. The third-order valence-corrected chi connectivity index (χ3v) is 8.03. The van der Waals surface area contributed by atoms with Crippen molar-refractivity contribution >= 4 is 45.2 Å². The molecular weight excluding hydrogens is 574 g/mol. The molecule has 1 unspecified atom stereocenters. The molecule has 1 saturated heterocycles. The van der Waals surface area contributed by atoms with Gasteiger partial charge in [0.2, 0.25) is 5.91 Å². The molecule has 12 heteroatoms. The van der Waals surface area contributed by atoms with E-state index in [1.54, 1.807) is 15.6 Å². The molecule has 2 aliphatic heterocycles. The summed E-state index contributed by atoms with van der Waals surface area (Å²) in [7, 11) is 0. The van der Waals surface area contributed by atoms with E-state index in [4.69, 9.17) is 20.0 Å². The summed E-state index contributed by atoms with van der Waals surface area (Å²) in [5.41, 5.74) is 8.14. The van der Waals surface area contributed by atoms with E-state index in [1.165, 1.54) is 6.33 Å². The number of hydrogen-bond donors (Lipinski definition) is 1. The van der Waals surface area contributed by atoms with Gasteiger partial charge in [-0.3, -0.25) is 4.79 Å². The number of nitrogen functional groups attached to an aromatic ring is 1. The van der Waals surface area contributed by atoms with Gasteiger partial charge in [-0.05, 0) is 58.1 Å². The van der Waals surface area contributed by atoms with Gasteiger partial charge in [0.1, 0.15) is 29.5 Å². The first-order valence-electron chi connectivity index (χ1n) is 15.4. The van der Waals surface area contributed by atoms with Crippen LogP contribution in [0, 0.1) is 12.8 Å². The lowest BCUT2D eigenvalue weighted by molar-refractivity contribution is -0.140. The zero-order chi connectivity index (χ0) is 32.6. The Hall–Kier alpha value is -4.74. The number of nitrogens with two attached hydrogens (primary N) is 1. The Kier molecular flexibility index (Phi) is 8.68. The fourth-order valence-electron chi connectivity index (χ4n) is 5.86. The first-order chi connectivity index (χ1) is 21.4. The number of aryl methyl sites for hydroxylation is 1. The maximum absolute atomic E-state index is 13.3. The van der Waals surface area contributed by atoms with Gasteiger partial charge in [0.05, 0.1) is 22.4 Å². The van der Waals surface area contributed by atoms with E-state index in [1.807, 2.05) is 77.6 Å². The number of ether oxygens (including phenoxy) is 1. The van der Waals surface area contributed by atoms with Gasteiger partial charge in [-0.1, -0.05) is 38.1 Å². The smallest absolute Gasteiger partial charge is 0.410 e. The summed E-state index contributed by atoms with van der Waals surface area (Å²) in [4.78, 5) is 50.6. The zero-order valence-corrected chi connectivity index (χ0v) is 27.0. The standard InChI is InChI=1S/C31H35N7O5.C2H6/c1-17-23-26(32)33-16-34-27(23)38(35-17)18(2)25-24(21-8-6-7-9-22(21)29(40)42-25)19-10-12-36(13-11-19)28(39)20-14-37(15-20)30(41)43-31(3,4)5;1-2/h6-10,16,18,20H,11-15H2,1-5H3,(H2,32,33,34);1-2H3. The quantitative estimate of drug-likeness (QED) is 0.337. The Morgan fingerprint density at radius 2 is 1.78 bits per heavy atom. The molecule has 0 spiro atoms. The number of amides is 2. The number of carbonyl (C=O) groups is 2. The van der Waals surface area contributed by atoms with Crippen molar-refractivity contribution in [2.45, 2.75) is 66.5 Å². The van der Waals surface area contributed by atoms with Crippen molar-refractivity contribution in [3.8, 4) is 0 Å². The molecule has 0 bridgehead atoms. The molecule has 0 aliphatic carbocycles. The first kappa shape index (κ1) is 31.7. The predicted molar refractivity (Wildman–Crippen MR) is 173 cm³/mol. The fourth-order valence-corrected chi connectivity index (χ4v) is 5.86. The molecule has 6 rings (SSSR count). The summed E-state index contributed by atoms with van der Waals surface area (Å²) in [6.45, 7) is 14.8. The highest BCUT2D eigenvalue weighted by molar-refractivity contribution is 5.95. The molecule has 2 N–H and O–H groups in total. The molecule has 2 amide bonds. The average Bonchev–Trinajstić information content (AvgIpc) is 3.33. The predicted octanol–water partition coefficient (Wildman–Crippen LogP) is 4.94. The lowest BCUT2D eigenvalue weighted by atomic mass is 9.91. The lowest BCUT2D eigenvalue weighted by Gasteiger charge is -2.41. The van der Waals surface area contributed by atoms with Gasteiger partial charge in [0.15, 0.2) is 5.65 Å². The Balaban J connectivity index is 0.00000196. The van der Waals surface area contributed by atoms with Crippen LogP contribution < -0.4 is 11.4 Å². The number of anilines is 1. The number of carbonyl (C=O) groups excluding carboxylic acids is 2. The van der Waals surface area contributed by atoms with Gasteiger partial charge in [-0.2, -0.15) is 5.10 Å². The number of nitrogens with zero attached hydrogens (tertiary/aromatic N) is 6. The molecule has 4 aromatic rings. The van der Waals surface area contributed by atoms with E-state index < -0.39 is 23.4 Å². The third-order valence-electron chi connectivity index (χ3n) is 8.03. The highest BCUT2D eigenvalue weighted by Gasteiger charge is 2.40. The van der Waals surface area contributed by atoms with Gasteiger partial charge < -0.3 is 24.7 Å². The molecule has 1 atom stereocenters. The highest BCUT2D eigenvalue weighted by atomic mass is 16.6. The number of likely N-dealkylation sites (tertiary alicyclic amines) is 1. The molecule has 5 heterocycles. The molecule has 12 nitrogen and oxygen atoms in total. The summed E-state index contributed by atoms with van der Waals surface area (Å²) in [5.74, 6) is 0.563. The number of aromatic nitrogens is 4. The second kappa shape index (κ2) is 12.3. The van der Waals surface area contributed by atoms with Crippen LogP contribution in [0.3, 0.4) is 0 Å². The van der Waals surface area contributed by atoms with Crippen LogP contribution in [0.2, 0.25) is 0 Å². The van der Waals surface area contributed by atoms with E-state index >= 15 is 0 Å². The van der Waals surface area contributed by atoms with E-state index in [0.29, 0.717) is 66.3 Å². The first-order valence-corrected chi connectivity index (χ1v) is 15.4. The van der Waals surface area contributed by atoms with Crippen LogP contribution in [0.5, 0.6) is 0 Å². The van der Waals surface area contributed by atoms with Crippen LogP contribution in [0.15, 0.2) is 45.9 Å². The Morgan fingerprint density at radius 1 is 1.09 bits per heavy atom. The summed E-state index contributed by atoms with van der Waals surface area (Å²) >= 11 is 0. The molecule has 45 heavy (non-hydrogen) atoms. The van der Waals surface area contributed by atoms with E-state index in [2.05, 4.69) is 9.97 Å². The second-order valence-corrected chi connectivity index (χ2v) is 12.2. The van der Waals surface area contributed by atoms with Crippen molar-refractivity contribution in [2.24, 2.45) is 5.92 Å². The van der Waals surface area contributed by atoms with Crippen molar-refractivity contribution in [2.75, 3.05) is 31.9 Å². The summed E-state index contributed by atoms with van der Waals surface area (Å²) < 4.78 is 13.2. The Labute approximate surface area is 261 Å². The fraction of sp³-hybridized carbons (Fsp3) is 0.455. The normalized spacial score (nSPS) is 16.1. The van der Waals surface area contributed by atoms with Crippen molar-refractivity contribution in [1.29, 1.82) is 0 Å². The van der Waals surface area contributed by atoms with Gasteiger partial charge in [0, 0.05) is 31.7 Å². The maximum atomic E-state index is 13.3. The van der Waals surface area contributed by atoms with Crippen molar-refractivity contribution in [3.63, 3.8) is 0 Å². The van der Waals surface area contributed by atoms with Crippen molar-refractivity contribution in [3.05, 3.63) is 64.1 Å². The Morgan fingerprint density at radius 3 is 2.42 bits per heavy atom. The third kappa shape index (κ3) is 6.01. The molecule has 0 saturated carbocycles. The average molecular weight is 616 g/mol. The number of rotatable bonds is 4. The molecule has 1 fully saturated rings. The highest BCUT2D eigenvalue weighted by Crippen LogP contribution is 2.37.